The molecule has 2 heterocycles. The quantitative estimate of drug-likeness (QED) is 0.933. The summed E-state index contributed by atoms with van der Waals surface area (Å²) in [6, 6.07) is 2.56. The van der Waals surface area contributed by atoms with Crippen molar-refractivity contribution in [3.05, 3.63) is 22.8 Å². The standard InChI is InChI=1S/C14H20N4S/c1-3-9-18-12(7-8-16-18)14-17-11-6-4-5-10(15-2)13(11)19-14/h7-8,10,15H,3-6,9H2,1-2H3. The Kier molecular flexibility index (Phi) is 3.66. The molecule has 2 aromatic heterocycles. The summed E-state index contributed by atoms with van der Waals surface area (Å²) in [5.74, 6) is 0. The van der Waals surface area contributed by atoms with E-state index in [-0.39, 0.29) is 0 Å². The zero-order chi connectivity index (χ0) is 13.2. The Morgan fingerprint density at radius 2 is 2.42 bits per heavy atom. The Balaban J connectivity index is 1.98. The molecule has 5 heteroatoms. The molecule has 0 bridgehead atoms. The lowest BCUT2D eigenvalue weighted by molar-refractivity contribution is 0.501. The van der Waals surface area contributed by atoms with Crippen molar-refractivity contribution in [2.24, 2.45) is 0 Å². The van der Waals surface area contributed by atoms with E-state index in [1.807, 2.05) is 24.6 Å². The Morgan fingerprint density at radius 1 is 1.53 bits per heavy atom. The number of nitrogens with zero attached hydrogens (tertiary/aromatic N) is 3. The minimum Gasteiger partial charge on any atom is -0.312 e. The fourth-order valence-corrected chi connectivity index (χ4v) is 3.99. The summed E-state index contributed by atoms with van der Waals surface area (Å²) in [5.41, 5.74) is 2.45. The number of hydrogen-bond donors (Lipinski definition) is 1. The van der Waals surface area contributed by atoms with Crippen molar-refractivity contribution >= 4 is 11.3 Å². The second-order valence-electron chi connectivity index (χ2n) is 5.00. The third-order valence-corrected chi connectivity index (χ3v) is 4.90. The Labute approximate surface area is 117 Å². The van der Waals surface area contributed by atoms with E-state index in [2.05, 4.69) is 28.1 Å². The van der Waals surface area contributed by atoms with Crippen molar-refractivity contribution in [2.75, 3.05) is 7.05 Å². The Morgan fingerprint density at radius 3 is 3.21 bits per heavy atom. The molecule has 0 saturated carbocycles. The lowest BCUT2D eigenvalue weighted by Gasteiger charge is -2.19. The van der Waals surface area contributed by atoms with Crippen molar-refractivity contribution in [1.82, 2.24) is 20.1 Å². The van der Waals surface area contributed by atoms with E-state index in [1.165, 1.54) is 23.4 Å². The van der Waals surface area contributed by atoms with Gasteiger partial charge in [0.25, 0.3) is 0 Å². The van der Waals surface area contributed by atoms with Crippen molar-refractivity contribution in [1.29, 1.82) is 0 Å². The van der Waals surface area contributed by atoms with Gasteiger partial charge in [-0.1, -0.05) is 6.92 Å². The van der Waals surface area contributed by atoms with Crippen LogP contribution in [0.3, 0.4) is 0 Å². The van der Waals surface area contributed by atoms with Crippen LogP contribution in [0.1, 0.15) is 42.8 Å². The first kappa shape index (κ1) is 12.8. The average molecular weight is 276 g/mol. The van der Waals surface area contributed by atoms with Crippen molar-refractivity contribution in [3.8, 4) is 10.7 Å². The molecule has 102 valence electrons. The molecule has 1 unspecified atom stereocenters. The van der Waals surface area contributed by atoms with Gasteiger partial charge < -0.3 is 5.32 Å². The summed E-state index contributed by atoms with van der Waals surface area (Å²) >= 11 is 1.83. The second-order valence-corrected chi connectivity index (χ2v) is 6.03. The van der Waals surface area contributed by atoms with Crippen LogP contribution in [0.4, 0.5) is 0 Å². The summed E-state index contributed by atoms with van der Waals surface area (Å²) in [6.45, 7) is 3.14. The molecule has 4 nitrogen and oxygen atoms in total. The highest BCUT2D eigenvalue weighted by Crippen LogP contribution is 2.37. The SMILES string of the molecule is CCCn1nccc1-c1nc2c(s1)C(NC)CCC2. The van der Waals surface area contributed by atoms with E-state index >= 15 is 0 Å². The topological polar surface area (TPSA) is 42.7 Å². The number of rotatable bonds is 4. The summed E-state index contributed by atoms with van der Waals surface area (Å²) in [6.07, 6.45) is 6.54. The maximum absolute atomic E-state index is 4.85. The average Bonchev–Trinajstić information content (AvgIpc) is 3.03. The lowest BCUT2D eigenvalue weighted by atomic mass is 9.98. The van der Waals surface area contributed by atoms with Gasteiger partial charge in [0.1, 0.15) is 5.01 Å². The number of thiazole rings is 1. The van der Waals surface area contributed by atoms with Crippen molar-refractivity contribution < 1.29 is 0 Å². The highest BCUT2D eigenvalue weighted by atomic mass is 32.1. The van der Waals surface area contributed by atoms with Crippen LogP contribution in [-0.4, -0.2) is 21.8 Å². The summed E-state index contributed by atoms with van der Waals surface area (Å²) in [7, 11) is 2.04. The summed E-state index contributed by atoms with van der Waals surface area (Å²) in [4.78, 5) is 6.28. The first-order valence-electron chi connectivity index (χ1n) is 7.02. The minimum absolute atomic E-state index is 0.484. The number of nitrogens with one attached hydrogen (secondary N) is 1. The van der Waals surface area contributed by atoms with Gasteiger partial charge in [-0.15, -0.1) is 11.3 Å². The molecule has 0 spiro atoms. The predicted octanol–water partition coefficient (Wildman–Crippen LogP) is 3.01. The maximum Gasteiger partial charge on any atom is 0.142 e. The molecule has 19 heavy (non-hydrogen) atoms. The molecular formula is C14H20N4S. The Hall–Kier alpha value is -1.20. The van der Waals surface area contributed by atoms with Crippen molar-refractivity contribution in [2.45, 2.75) is 45.2 Å². The molecule has 1 aliphatic carbocycles. The zero-order valence-electron chi connectivity index (χ0n) is 11.5. The predicted molar refractivity (Wildman–Crippen MR) is 78.4 cm³/mol. The third-order valence-electron chi connectivity index (χ3n) is 3.67. The van der Waals surface area contributed by atoms with E-state index in [9.17, 15) is 0 Å². The van der Waals surface area contributed by atoms with Gasteiger partial charge in [0.05, 0.1) is 11.4 Å². The normalized spacial score (nSPS) is 18.5. The van der Waals surface area contributed by atoms with Crippen LogP contribution in [0.2, 0.25) is 0 Å². The molecule has 0 saturated heterocycles. The van der Waals surface area contributed by atoms with Gasteiger partial charge in [-0.3, -0.25) is 4.68 Å². The molecule has 0 amide bonds. The fraction of sp³-hybridized carbons (Fsp3) is 0.571. The highest BCUT2D eigenvalue weighted by molar-refractivity contribution is 7.15. The number of aryl methyl sites for hydroxylation is 2. The first-order chi connectivity index (χ1) is 9.33. The molecule has 1 aliphatic rings. The van der Waals surface area contributed by atoms with Gasteiger partial charge in [-0.2, -0.15) is 5.10 Å². The largest absolute Gasteiger partial charge is 0.312 e. The molecule has 2 aromatic rings. The smallest absolute Gasteiger partial charge is 0.142 e. The molecule has 0 aromatic carbocycles. The van der Waals surface area contributed by atoms with E-state index in [0.717, 1.165) is 30.1 Å². The maximum atomic E-state index is 4.85. The zero-order valence-corrected chi connectivity index (χ0v) is 12.3. The first-order valence-corrected chi connectivity index (χ1v) is 7.84. The van der Waals surface area contributed by atoms with Gasteiger partial charge in [-0.25, -0.2) is 4.98 Å². The molecule has 3 rings (SSSR count). The molecule has 0 fully saturated rings. The van der Waals surface area contributed by atoms with Crippen LogP contribution in [0, 0.1) is 0 Å². The van der Waals surface area contributed by atoms with Gasteiger partial charge >= 0.3 is 0 Å². The Bertz CT molecular complexity index is 558. The second kappa shape index (κ2) is 5.43. The van der Waals surface area contributed by atoms with Crippen LogP contribution in [0.15, 0.2) is 12.3 Å². The summed E-state index contributed by atoms with van der Waals surface area (Å²) < 4.78 is 2.07. The van der Waals surface area contributed by atoms with Crippen LogP contribution in [0.25, 0.3) is 10.7 Å². The van der Waals surface area contributed by atoms with Crippen LogP contribution < -0.4 is 5.32 Å². The van der Waals surface area contributed by atoms with E-state index in [0.29, 0.717) is 6.04 Å². The monoisotopic (exact) mass is 276 g/mol. The van der Waals surface area contributed by atoms with Gasteiger partial charge in [0.15, 0.2) is 0 Å². The molecule has 1 N–H and O–H groups in total. The van der Waals surface area contributed by atoms with Crippen LogP contribution >= 0.6 is 11.3 Å². The number of hydrogen-bond acceptors (Lipinski definition) is 4. The summed E-state index contributed by atoms with van der Waals surface area (Å²) in [5, 5.41) is 8.93. The molecule has 1 atom stereocenters. The highest BCUT2D eigenvalue weighted by Gasteiger charge is 2.24. The number of aromatic nitrogens is 3. The van der Waals surface area contributed by atoms with Crippen LogP contribution in [-0.2, 0) is 13.0 Å². The van der Waals surface area contributed by atoms with E-state index in [4.69, 9.17) is 4.98 Å². The van der Waals surface area contributed by atoms with E-state index in [1.54, 1.807) is 0 Å². The molecule has 0 radical (unpaired) electrons. The van der Waals surface area contributed by atoms with Crippen LogP contribution in [0.5, 0.6) is 0 Å². The van der Waals surface area contributed by atoms with Crippen molar-refractivity contribution in [3.63, 3.8) is 0 Å². The number of fused-ring (bicyclic) bond motifs is 1. The van der Waals surface area contributed by atoms with Gasteiger partial charge in [-0.05, 0) is 38.8 Å². The van der Waals surface area contributed by atoms with E-state index < -0.39 is 0 Å². The minimum atomic E-state index is 0.484. The van der Waals surface area contributed by atoms with Gasteiger partial charge in [0, 0.05) is 23.7 Å². The lowest BCUT2D eigenvalue weighted by Crippen LogP contribution is -2.19. The molecular weight excluding hydrogens is 256 g/mol. The van der Waals surface area contributed by atoms with Gasteiger partial charge in [0.2, 0.25) is 0 Å². The third kappa shape index (κ3) is 2.32. The fourth-order valence-electron chi connectivity index (χ4n) is 2.71. The molecule has 0 aliphatic heterocycles.